The molecule has 0 rings (SSSR count). The first-order valence-corrected chi connectivity index (χ1v) is 25.5. The van der Waals surface area contributed by atoms with Crippen molar-refractivity contribution >= 4 is 11.9 Å². The van der Waals surface area contributed by atoms with Crippen molar-refractivity contribution in [1.82, 2.24) is 0 Å². The highest BCUT2D eigenvalue weighted by Crippen LogP contribution is 2.16. The van der Waals surface area contributed by atoms with Crippen molar-refractivity contribution < 1.29 is 24.2 Å². The summed E-state index contributed by atoms with van der Waals surface area (Å²) in [6.07, 6.45) is 68.6. The molecule has 0 bridgehead atoms. The Labute approximate surface area is 372 Å². The highest BCUT2D eigenvalue weighted by molar-refractivity contribution is 5.70. The van der Waals surface area contributed by atoms with Crippen LogP contribution in [0.15, 0.2) is 72.9 Å². The number of allylic oxidation sites excluding steroid dienone is 12. The van der Waals surface area contributed by atoms with E-state index < -0.39 is 6.10 Å². The summed E-state index contributed by atoms with van der Waals surface area (Å²) in [7, 11) is 0. The number of aliphatic hydroxyl groups excluding tert-OH is 1. The van der Waals surface area contributed by atoms with Gasteiger partial charge in [-0.15, -0.1) is 0 Å². The molecule has 0 saturated heterocycles. The molecular weight excluding hydrogens is 741 g/mol. The average molecular weight is 837 g/mol. The number of unbranched alkanes of at least 4 members (excludes halogenated alkanes) is 26. The molecule has 5 heteroatoms. The normalized spacial score (nSPS) is 12.8. The zero-order chi connectivity index (χ0) is 43.5. The van der Waals surface area contributed by atoms with Crippen molar-refractivity contribution in [2.75, 3.05) is 13.2 Å². The Morgan fingerprint density at radius 3 is 1.08 bits per heavy atom. The zero-order valence-corrected chi connectivity index (χ0v) is 39.5. The maximum Gasteiger partial charge on any atom is 0.306 e. The van der Waals surface area contributed by atoms with E-state index in [9.17, 15) is 14.7 Å². The Kier molecular flexibility index (Phi) is 48.4. The van der Waals surface area contributed by atoms with Crippen molar-refractivity contribution in [2.24, 2.45) is 0 Å². The lowest BCUT2D eigenvalue weighted by molar-refractivity contribution is -0.161. The fraction of sp³-hybridized carbons (Fsp3) is 0.745. The molecule has 0 fully saturated rings. The van der Waals surface area contributed by atoms with Crippen molar-refractivity contribution in [3.63, 3.8) is 0 Å². The molecule has 0 aromatic rings. The van der Waals surface area contributed by atoms with Gasteiger partial charge in [-0.25, -0.2) is 0 Å². The van der Waals surface area contributed by atoms with E-state index in [1.165, 1.54) is 141 Å². The third-order valence-corrected chi connectivity index (χ3v) is 11.0. The van der Waals surface area contributed by atoms with Crippen LogP contribution in [-0.4, -0.2) is 36.4 Å². The van der Waals surface area contributed by atoms with E-state index in [0.29, 0.717) is 12.8 Å². The Balaban J connectivity index is 3.47. The first-order chi connectivity index (χ1) is 29.6. The summed E-state index contributed by atoms with van der Waals surface area (Å²) >= 11 is 0. The Hall–Kier alpha value is -2.66. The lowest BCUT2D eigenvalue weighted by Crippen LogP contribution is -2.28. The van der Waals surface area contributed by atoms with E-state index in [2.05, 4.69) is 86.8 Å². The van der Waals surface area contributed by atoms with Crippen LogP contribution in [-0.2, 0) is 19.1 Å². The second-order valence-electron chi connectivity index (χ2n) is 16.9. The maximum atomic E-state index is 12.3. The summed E-state index contributed by atoms with van der Waals surface area (Å²) < 4.78 is 10.7. The van der Waals surface area contributed by atoms with Gasteiger partial charge in [-0.3, -0.25) is 9.59 Å². The molecule has 5 nitrogen and oxygen atoms in total. The minimum Gasteiger partial charge on any atom is -0.462 e. The minimum absolute atomic E-state index is 0.0731. The summed E-state index contributed by atoms with van der Waals surface area (Å²) in [5.41, 5.74) is 0. The third-order valence-electron chi connectivity index (χ3n) is 11.0. The molecule has 0 aliphatic rings. The Morgan fingerprint density at radius 1 is 0.400 bits per heavy atom. The fourth-order valence-corrected chi connectivity index (χ4v) is 7.17. The molecule has 1 atom stereocenters. The predicted octanol–water partition coefficient (Wildman–Crippen LogP) is 16.9. The lowest BCUT2D eigenvalue weighted by Gasteiger charge is -2.15. The first-order valence-electron chi connectivity index (χ1n) is 25.5. The molecule has 0 radical (unpaired) electrons. The SMILES string of the molecule is CC/C=C\C/C=C\C/C=C\C/C=C\CCCCCCCCCCCCCCCCCCCCC(=O)OC(CO)COC(=O)CCCCCCC/C=C\C/C=C\CCCCC. The number of hydrogen-bond acceptors (Lipinski definition) is 5. The van der Waals surface area contributed by atoms with Gasteiger partial charge in [0.25, 0.3) is 0 Å². The second kappa shape index (κ2) is 50.7. The van der Waals surface area contributed by atoms with Gasteiger partial charge in [0, 0.05) is 12.8 Å². The van der Waals surface area contributed by atoms with Crippen molar-refractivity contribution in [3.05, 3.63) is 72.9 Å². The summed E-state index contributed by atoms with van der Waals surface area (Å²) in [4.78, 5) is 24.4. The summed E-state index contributed by atoms with van der Waals surface area (Å²) in [5.74, 6) is -0.602. The van der Waals surface area contributed by atoms with E-state index in [4.69, 9.17) is 9.47 Å². The number of carbonyl (C=O) groups is 2. The van der Waals surface area contributed by atoms with Crippen LogP contribution in [0.25, 0.3) is 0 Å². The highest BCUT2D eigenvalue weighted by atomic mass is 16.6. The van der Waals surface area contributed by atoms with Crippen LogP contribution in [0, 0.1) is 0 Å². The average Bonchev–Trinajstić information content (AvgIpc) is 3.25. The maximum absolute atomic E-state index is 12.3. The standard InChI is InChI=1S/C55H96O5/c1-3-5-7-9-11-13-15-17-19-20-21-22-23-24-25-26-27-28-29-30-31-32-33-34-36-38-40-42-44-46-48-50-55(58)60-53(51-56)52-59-54(57)49-47-45-43-41-39-37-35-18-16-14-12-10-8-6-4-2/h5,7,11-14,17-19,21-22,35,53,56H,3-4,6,8-10,15-16,20,23-34,36-52H2,1-2H3/b7-5-,13-11-,14-12-,19-17-,22-21-,35-18-. The van der Waals surface area contributed by atoms with Crippen LogP contribution in [0.5, 0.6) is 0 Å². The smallest absolute Gasteiger partial charge is 0.306 e. The summed E-state index contributed by atoms with van der Waals surface area (Å²) in [6.45, 7) is 4.00. The van der Waals surface area contributed by atoms with Crippen LogP contribution < -0.4 is 0 Å². The van der Waals surface area contributed by atoms with Gasteiger partial charge in [-0.1, -0.05) is 222 Å². The summed E-state index contributed by atoms with van der Waals surface area (Å²) in [6, 6.07) is 0. The molecule has 60 heavy (non-hydrogen) atoms. The number of esters is 2. The zero-order valence-electron chi connectivity index (χ0n) is 39.5. The molecule has 0 aromatic heterocycles. The van der Waals surface area contributed by atoms with E-state index in [-0.39, 0.29) is 25.2 Å². The molecule has 0 aliphatic carbocycles. The number of ether oxygens (including phenoxy) is 2. The molecule has 0 aromatic carbocycles. The molecular formula is C55H96O5. The Bertz CT molecular complexity index is 1080. The van der Waals surface area contributed by atoms with E-state index in [0.717, 1.165) is 77.0 Å². The van der Waals surface area contributed by atoms with Crippen molar-refractivity contribution in [3.8, 4) is 0 Å². The van der Waals surface area contributed by atoms with Crippen LogP contribution in [0.2, 0.25) is 0 Å². The molecule has 1 unspecified atom stereocenters. The van der Waals surface area contributed by atoms with E-state index >= 15 is 0 Å². The Morgan fingerprint density at radius 2 is 0.717 bits per heavy atom. The van der Waals surface area contributed by atoms with Gasteiger partial charge in [-0.2, -0.15) is 0 Å². The topological polar surface area (TPSA) is 72.8 Å². The van der Waals surface area contributed by atoms with Gasteiger partial charge in [0.15, 0.2) is 6.10 Å². The number of carbonyl (C=O) groups excluding carboxylic acids is 2. The minimum atomic E-state index is -0.779. The molecule has 0 saturated carbocycles. The summed E-state index contributed by atoms with van der Waals surface area (Å²) in [5, 5.41) is 9.61. The van der Waals surface area contributed by atoms with Crippen LogP contribution in [0.3, 0.4) is 0 Å². The van der Waals surface area contributed by atoms with Gasteiger partial charge in [0.2, 0.25) is 0 Å². The van der Waals surface area contributed by atoms with E-state index in [1.54, 1.807) is 0 Å². The highest BCUT2D eigenvalue weighted by Gasteiger charge is 2.16. The predicted molar refractivity (Wildman–Crippen MR) is 260 cm³/mol. The van der Waals surface area contributed by atoms with Gasteiger partial charge >= 0.3 is 11.9 Å². The van der Waals surface area contributed by atoms with Crippen molar-refractivity contribution in [2.45, 2.75) is 251 Å². The molecule has 0 heterocycles. The molecule has 346 valence electrons. The van der Waals surface area contributed by atoms with Crippen LogP contribution in [0.4, 0.5) is 0 Å². The van der Waals surface area contributed by atoms with Crippen molar-refractivity contribution in [1.29, 1.82) is 0 Å². The fourth-order valence-electron chi connectivity index (χ4n) is 7.17. The van der Waals surface area contributed by atoms with E-state index in [1.807, 2.05) is 0 Å². The lowest BCUT2D eigenvalue weighted by atomic mass is 10.0. The molecule has 0 aliphatic heterocycles. The van der Waals surface area contributed by atoms with Gasteiger partial charge in [0.1, 0.15) is 6.61 Å². The second-order valence-corrected chi connectivity index (χ2v) is 16.9. The quantitative estimate of drug-likeness (QED) is 0.0376. The molecule has 0 spiro atoms. The number of hydrogen-bond donors (Lipinski definition) is 1. The molecule has 1 N–H and O–H groups in total. The van der Waals surface area contributed by atoms with Crippen LogP contribution in [0.1, 0.15) is 245 Å². The largest absolute Gasteiger partial charge is 0.462 e. The number of rotatable bonds is 46. The van der Waals surface area contributed by atoms with Crippen LogP contribution >= 0.6 is 0 Å². The monoisotopic (exact) mass is 837 g/mol. The third kappa shape index (κ3) is 48.0. The van der Waals surface area contributed by atoms with Gasteiger partial charge in [-0.05, 0) is 83.5 Å². The first kappa shape index (κ1) is 57.3. The van der Waals surface area contributed by atoms with Gasteiger partial charge in [0.05, 0.1) is 6.61 Å². The van der Waals surface area contributed by atoms with Gasteiger partial charge < -0.3 is 14.6 Å². The number of aliphatic hydroxyl groups is 1. The molecule has 0 amide bonds.